The number of unbranched alkanes of at least 4 members (excludes halogenated alkanes) is 39. The van der Waals surface area contributed by atoms with Crippen molar-refractivity contribution in [1.29, 1.82) is 0 Å². The minimum atomic E-state index is -4.96. The molecule has 97 heavy (non-hydrogen) atoms. The van der Waals surface area contributed by atoms with Gasteiger partial charge in [-0.15, -0.1) is 0 Å². The molecule has 0 aromatic heterocycles. The number of rotatable bonds is 75. The normalized spacial score (nSPS) is 14.6. The fourth-order valence-corrected chi connectivity index (χ4v) is 13.4. The predicted molar refractivity (Wildman–Crippen MR) is 395 cm³/mol. The molecular weight excluding hydrogens is 1270 g/mol. The number of hydrogen-bond donors (Lipinski definition) is 3. The molecule has 0 aliphatic carbocycles. The summed E-state index contributed by atoms with van der Waals surface area (Å²) in [4.78, 5) is 72.8. The second-order valence-electron chi connectivity index (χ2n) is 29.5. The molecular formula is C78H152O17P2. The first-order valence-electron chi connectivity index (χ1n) is 40.3. The largest absolute Gasteiger partial charge is 0.472 e. The van der Waals surface area contributed by atoms with Crippen LogP contribution in [0.1, 0.15) is 396 Å². The highest BCUT2D eigenvalue weighted by Crippen LogP contribution is 2.45. The molecule has 7 atom stereocenters. The van der Waals surface area contributed by atoms with Gasteiger partial charge in [-0.3, -0.25) is 37.3 Å². The Kier molecular flexibility index (Phi) is 65.9. The van der Waals surface area contributed by atoms with Crippen LogP contribution in [-0.4, -0.2) is 96.7 Å². The molecule has 4 unspecified atom stereocenters. The SMILES string of the molecule is CCC(C)CCCCCCCCCCCCCCCCC(=O)O[C@H](COC(=O)CCCCCCCCCCCCCCCCCCC(C)C)COP(=O)(O)OC[C@@H](O)COP(=O)(O)OC[C@@H](COC(=O)CCCCCCCCC(C)CC)OC(=O)CCCCCCCCCC(C)C. The Hall–Kier alpha value is -1.94. The van der Waals surface area contributed by atoms with Crippen LogP contribution in [0.5, 0.6) is 0 Å². The Balaban J connectivity index is 5.22. The number of carbonyl (C=O) groups is 4. The molecule has 0 saturated carbocycles. The Labute approximate surface area is 594 Å². The molecule has 0 aliphatic rings. The molecule has 576 valence electrons. The van der Waals surface area contributed by atoms with Crippen LogP contribution in [0.2, 0.25) is 0 Å². The summed E-state index contributed by atoms with van der Waals surface area (Å²) in [5, 5.41) is 10.6. The third kappa shape index (κ3) is 69.5. The van der Waals surface area contributed by atoms with Crippen molar-refractivity contribution in [1.82, 2.24) is 0 Å². The van der Waals surface area contributed by atoms with Crippen LogP contribution in [0, 0.1) is 23.7 Å². The summed E-state index contributed by atoms with van der Waals surface area (Å²) in [5.74, 6) is 0.963. The van der Waals surface area contributed by atoms with Gasteiger partial charge in [-0.25, -0.2) is 9.13 Å². The Morgan fingerprint density at radius 1 is 0.289 bits per heavy atom. The highest BCUT2D eigenvalue weighted by Gasteiger charge is 2.30. The van der Waals surface area contributed by atoms with Crippen molar-refractivity contribution in [3.05, 3.63) is 0 Å². The molecule has 0 aliphatic heterocycles. The maximum atomic E-state index is 13.1. The van der Waals surface area contributed by atoms with Gasteiger partial charge >= 0.3 is 39.5 Å². The molecule has 0 fully saturated rings. The lowest BCUT2D eigenvalue weighted by Crippen LogP contribution is -2.30. The van der Waals surface area contributed by atoms with Crippen molar-refractivity contribution in [3.63, 3.8) is 0 Å². The lowest BCUT2D eigenvalue weighted by molar-refractivity contribution is -0.161. The van der Waals surface area contributed by atoms with Crippen LogP contribution in [0.15, 0.2) is 0 Å². The second kappa shape index (κ2) is 67.2. The summed E-state index contributed by atoms with van der Waals surface area (Å²) in [6.07, 6.45) is 52.9. The van der Waals surface area contributed by atoms with Crippen molar-refractivity contribution < 1.29 is 80.2 Å². The molecule has 0 bridgehead atoms. The first kappa shape index (κ1) is 95.1. The number of phosphoric ester groups is 2. The molecule has 0 aromatic rings. The number of esters is 4. The van der Waals surface area contributed by atoms with Gasteiger partial charge in [-0.2, -0.15) is 0 Å². The Bertz CT molecular complexity index is 1910. The molecule has 0 amide bonds. The molecule has 0 rings (SSSR count). The third-order valence-corrected chi connectivity index (χ3v) is 20.7. The van der Waals surface area contributed by atoms with Gasteiger partial charge in [0.1, 0.15) is 19.3 Å². The zero-order valence-electron chi connectivity index (χ0n) is 63.7. The van der Waals surface area contributed by atoms with E-state index in [0.29, 0.717) is 31.6 Å². The van der Waals surface area contributed by atoms with E-state index in [1.165, 1.54) is 193 Å². The first-order valence-corrected chi connectivity index (χ1v) is 43.3. The van der Waals surface area contributed by atoms with Crippen LogP contribution in [0.3, 0.4) is 0 Å². The average molecular weight is 1420 g/mol. The van der Waals surface area contributed by atoms with E-state index in [-0.39, 0.29) is 25.7 Å². The van der Waals surface area contributed by atoms with Crippen LogP contribution in [0.4, 0.5) is 0 Å². The highest BCUT2D eigenvalue weighted by atomic mass is 31.2. The summed E-state index contributed by atoms with van der Waals surface area (Å²) in [6.45, 7) is 14.2. The maximum absolute atomic E-state index is 13.1. The van der Waals surface area contributed by atoms with Gasteiger partial charge in [-0.05, 0) is 49.4 Å². The van der Waals surface area contributed by atoms with Crippen molar-refractivity contribution in [2.75, 3.05) is 39.6 Å². The minimum Gasteiger partial charge on any atom is -0.462 e. The number of phosphoric acid groups is 2. The highest BCUT2D eigenvalue weighted by molar-refractivity contribution is 7.47. The number of aliphatic hydroxyl groups is 1. The second-order valence-corrected chi connectivity index (χ2v) is 32.4. The summed E-state index contributed by atoms with van der Waals surface area (Å²) in [5.41, 5.74) is 0. The van der Waals surface area contributed by atoms with Crippen LogP contribution >= 0.6 is 15.6 Å². The monoisotopic (exact) mass is 1420 g/mol. The van der Waals surface area contributed by atoms with Gasteiger partial charge in [0.25, 0.3) is 0 Å². The summed E-state index contributed by atoms with van der Waals surface area (Å²) in [6, 6.07) is 0. The lowest BCUT2D eigenvalue weighted by atomic mass is 9.99. The summed E-state index contributed by atoms with van der Waals surface area (Å²) in [7, 11) is -9.91. The number of carbonyl (C=O) groups excluding carboxylic acids is 4. The molecule has 17 nitrogen and oxygen atoms in total. The van der Waals surface area contributed by atoms with Gasteiger partial charge in [0.05, 0.1) is 26.4 Å². The first-order chi connectivity index (χ1) is 46.7. The van der Waals surface area contributed by atoms with Crippen molar-refractivity contribution in [3.8, 4) is 0 Å². The van der Waals surface area contributed by atoms with Gasteiger partial charge in [0, 0.05) is 25.7 Å². The zero-order valence-corrected chi connectivity index (χ0v) is 65.5. The van der Waals surface area contributed by atoms with Gasteiger partial charge in [0.2, 0.25) is 0 Å². The summed E-state index contributed by atoms with van der Waals surface area (Å²) >= 11 is 0. The topological polar surface area (TPSA) is 237 Å². The number of ether oxygens (including phenoxy) is 4. The van der Waals surface area contributed by atoms with Crippen molar-refractivity contribution in [2.45, 2.75) is 414 Å². The smallest absolute Gasteiger partial charge is 0.462 e. The molecule has 3 N–H and O–H groups in total. The fraction of sp³-hybridized carbons (Fsp3) is 0.949. The van der Waals surface area contributed by atoms with E-state index in [2.05, 4.69) is 55.4 Å². The molecule has 0 spiro atoms. The van der Waals surface area contributed by atoms with E-state index in [0.717, 1.165) is 114 Å². The van der Waals surface area contributed by atoms with Gasteiger partial charge in [-0.1, -0.05) is 344 Å². The van der Waals surface area contributed by atoms with Crippen molar-refractivity contribution in [2.24, 2.45) is 23.7 Å². The molecule has 0 aromatic carbocycles. The number of hydrogen-bond acceptors (Lipinski definition) is 15. The quantitative estimate of drug-likeness (QED) is 0.0222. The lowest BCUT2D eigenvalue weighted by Gasteiger charge is -2.21. The number of aliphatic hydroxyl groups excluding tert-OH is 1. The Morgan fingerprint density at radius 2 is 0.495 bits per heavy atom. The molecule has 0 saturated heterocycles. The van der Waals surface area contributed by atoms with E-state index in [9.17, 15) is 43.2 Å². The van der Waals surface area contributed by atoms with Gasteiger partial charge < -0.3 is 33.8 Å². The van der Waals surface area contributed by atoms with E-state index < -0.39 is 97.5 Å². The Morgan fingerprint density at radius 3 is 0.732 bits per heavy atom. The van der Waals surface area contributed by atoms with E-state index in [1.807, 2.05) is 0 Å². The van der Waals surface area contributed by atoms with Gasteiger partial charge in [0.15, 0.2) is 12.2 Å². The van der Waals surface area contributed by atoms with E-state index in [1.54, 1.807) is 0 Å². The fourth-order valence-electron chi connectivity index (χ4n) is 11.8. The molecule has 0 heterocycles. The standard InChI is InChI=1S/C78H152O17P2/c1-9-70(7)56-48-40-32-26-22-18-15-16-20-24-28-34-44-52-60-77(82)94-73(64-88-75(80)58-50-42-33-27-23-19-14-12-11-13-17-21-25-30-38-46-54-68(3)4)66-92-96(84,85)90-62-72(79)63-91-97(86,87)93-67-74(95-78(83)61-53-45-35-29-31-39-47-55-69(5)6)65-89-76(81)59-51-43-37-36-41-49-57-71(8)10-2/h68-74,79H,9-67H2,1-8H3,(H,84,85)(H,86,87)/t70?,71?,72-,73-,74-/m1/s1. The molecule has 19 heteroatoms. The maximum Gasteiger partial charge on any atom is 0.472 e. The van der Waals surface area contributed by atoms with Crippen LogP contribution < -0.4 is 0 Å². The van der Waals surface area contributed by atoms with Crippen molar-refractivity contribution >= 4 is 39.5 Å². The van der Waals surface area contributed by atoms with E-state index >= 15 is 0 Å². The van der Waals surface area contributed by atoms with Crippen LogP contribution in [0.25, 0.3) is 0 Å². The zero-order chi connectivity index (χ0) is 71.7. The summed E-state index contributed by atoms with van der Waals surface area (Å²) < 4.78 is 68.5. The third-order valence-electron chi connectivity index (χ3n) is 18.8. The van der Waals surface area contributed by atoms with E-state index in [4.69, 9.17) is 37.0 Å². The predicted octanol–water partition coefficient (Wildman–Crippen LogP) is 22.8. The minimum absolute atomic E-state index is 0.102. The average Bonchev–Trinajstić information content (AvgIpc) is 0.971. The molecule has 0 radical (unpaired) electrons. The van der Waals surface area contributed by atoms with Crippen LogP contribution in [-0.2, 0) is 65.4 Å².